The minimum atomic E-state index is -3.00. The number of amides is 2. The number of hydrogen-bond acceptors (Lipinski definition) is 5. The van der Waals surface area contributed by atoms with Gasteiger partial charge in [0.1, 0.15) is 5.76 Å². The van der Waals surface area contributed by atoms with Crippen LogP contribution in [0.3, 0.4) is 0 Å². The molecule has 1 N–H and O–H groups in total. The Morgan fingerprint density at radius 3 is 2.64 bits per heavy atom. The molecule has 136 valence electrons. The van der Waals surface area contributed by atoms with Crippen LogP contribution in [0.4, 0.5) is 19.3 Å². The summed E-state index contributed by atoms with van der Waals surface area (Å²) in [5.74, 6) is 0.611. The van der Waals surface area contributed by atoms with Crippen molar-refractivity contribution < 1.29 is 27.6 Å². The van der Waals surface area contributed by atoms with E-state index >= 15 is 0 Å². The highest BCUT2D eigenvalue weighted by Gasteiger charge is 2.17. The van der Waals surface area contributed by atoms with E-state index in [9.17, 15) is 13.6 Å². The second-order valence-electron chi connectivity index (χ2n) is 5.33. The maximum Gasteiger partial charge on any atom is 0.387 e. The summed E-state index contributed by atoms with van der Waals surface area (Å²) in [5, 5.41) is 6.45. The molecule has 0 bridgehead atoms. The van der Waals surface area contributed by atoms with Gasteiger partial charge in [-0.05, 0) is 26.0 Å². The number of aryl methyl sites for hydroxylation is 2. The number of benzene rings is 1. The SMILES string of the molecule is COc1ccc(NC(=O)N(C)Cc2c(C)noc2C)cc1OC(F)F. The Balaban J connectivity index is 2.09. The average Bonchev–Trinajstić information content (AvgIpc) is 2.86. The van der Waals surface area contributed by atoms with Crippen LogP contribution in [0.2, 0.25) is 0 Å². The van der Waals surface area contributed by atoms with Gasteiger partial charge in [0.05, 0.1) is 19.3 Å². The lowest BCUT2D eigenvalue weighted by Gasteiger charge is -2.18. The molecule has 1 aromatic heterocycles. The number of rotatable bonds is 6. The Bertz CT molecular complexity index is 729. The van der Waals surface area contributed by atoms with Crippen LogP contribution < -0.4 is 14.8 Å². The van der Waals surface area contributed by atoms with Gasteiger partial charge in [-0.1, -0.05) is 5.16 Å². The van der Waals surface area contributed by atoms with Crippen molar-refractivity contribution in [2.24, 2.45) is 0 Å². The topological polar surface area (TPSA) is 76.8 Å². The van der Waals surface area contributed by atoms with Gasteiger partial charge in [0.15, 0.2) is 11.5 Å². The number of nitrogens with zero attached hydrogens (tertiary/aromatic N) is 2. The molecule has 2 aromatic rings. The Morgan fingerprint density at radius 1 is 1.36 bits per heavy atom. The normalized spacial score (nSPS) is 10.7. The van der Waals surface area contributed by atoms with Crippen LogP contribution in [-0.2, 0) is 6.54 Å². The van der Waals surface area contributed by atoms with Crippen LogP contribution in [0.25, 0.3) is 0 Å². The Morgan fingerprint density at radius 2 is 2.08 bits per heavy atom. The molecule has 0 atom stereocenters. The number of methoxy groups -OCH3 is 1. The highest BCUT2D eigenvalue weighted by Crippen LogP contribution is 2.31. The fourth-order valence-electron chi connectivity index (χ4n) is 2.20. The molecule has 0 fully saturated rings. The molecular weight excluding hydrogens is 336 g/mol. The van der Waals surface area contributed by atoms with Crippen molar-refractivity contribution in [2.75, 3.05) is 19.5 Å². The molecule has 0 aliphatic rings. The third kappa shape index (κ3) is 4.59. The first kappa shape index (κ1) is 18.5. The highest BCUT2D eigenvalue weighted by molar-refractivity contribution is 5.89. The minimum absolute atomic E-state index is 0.141. The molecule has 0 unspecified atom stereocenters. The van der Waals surface area contributed by atoms with Crippen molar-refractivity contribution in [1.29, 1.82) is 0 Å². The number of anilines is 1. The Labute approximate surface area is 143 Å². The molecule has 1 aromatic carbocycles. The zero-order chi connectivity index (χ0) is 18.6. The molecule has 2 rings (SSSR count). The summed E-state index contributed by atoms with van der Waals surface area (Å²) < 4.78 is 39.3. The molecule has 0 aliphatic heterocycles. The third-order valence-electron chi connectivity index (χ3n) is 3.55. The van der Waals surface area contributed by atoms with Gasteiger partial charge < -0.3 is 24.2 Å². The summed E-state index contributed by atoms with van der Waals surface area (Å²) in [6.45, 7) is 0.846. The van der Waals surface area contributed by atoms with Crippen LogP contribution >= 0.6 is 0 Å². The second kappa shape index (κ2) is 7.82. The van der Waals surface area contributed by atoms with Crippen molar-refractivity contribution in [3.8, 4) is 11.5 Å². The molecule has 25 heavy (non-hydrogen) atoms. The summed E-state index contributed by atoms with van der Waals surface area (Å²) in [5.41, 5.74) is 1.82. The predicted octanol–water partition coefficient (Wildman–Crippen LogP) is 3.57. The Kier molecular flexibility index (Phi) is 5.79. The first-order valence-electron chi connectivity index (χ1n) is 7.38. The number of carbonyl (C=O) groups is 1. The number of alkyl halides is 2. The summed E-state index contributed by atoms with van der Waals surface area (Å²) in [6, 6.07) is 3.81. The van der Waals surface area contributed by atoms with Crippen LogP contribution in [0.1, 0.15) is 17.0 Å². The van der Waals surface area contributed by atoms with Gasteiger partial charge in [-0.25, -0.2) is 4.79 Å². The largest absolute Gasteiger partial charge is 0.493 e. The number of aromatic nitrogens is 1. The number of carbonyl (C=O) groups excluding carboxylic acids is 1. The quantitative estimate of drug-likeness (QED) is 0.857. The van der Waals surface area contributed by atoms with Crippen molar-refractivity contribution in [3.05, 3.63) is 35.2 Å². The number of hydrogen-bond donors (Lipinski definition) is 1. The number of ether oxygens (including phenoxy) is 2. The van der Waals surface area contributed by atoms with Crippen molar-refractivity contribution in [3.63, 3.8) is 0 Å². The molecule has 0 saturated heterocycles. The van der Waals surface area contributed by atoms with Gasteiger partial charge in [0, 0.05) is 24.4 Å². The monoisotopic (exact) mass is 355 g/mol. The van der Waals surface area contributed by atoms with E-state index < -0.39 is 12.6 Å². The standard InChI is InChI=1S/C16H19F2N3O4/c1-9-12(10(2)25-20-9)8-21(3)16(22)19-11-5-6-13(23-4)14(7-11)24-15(17)18/h5-7,15H,8H2,1-4H3,(H,19,22). The number of nitrogens with one attached hydrogen (secondary N) is 1. The van der Waals surface area contributed by atoms with Crippen LogP contribution in [-0.4, -0.2) is 36.9 Å². The predicted molar refractivity (Wildman–Crippen MR) is 86.1 cm³/mol. The maximum atomic E-state index is 12.5. The summed E-state index contributed by atoms with van der Waals surface area (Å²) >= 11 is 0. The van der Waals surface area contributed by atoms with E-state index in [2.05, 4.69) is 15.2 Å². The molecule has 0 radical (unpaired) electrons. The Hall–Kier alpha value is -2.84. The van der Waals surface area contributed by atoms with E-state index in [1.807, 2.05) is 0 Å². The van der Waals surface area contributed by atoms with Crippen LogP contribution in [0.15, 0.2) is 22.7 Å². The lowest BCUT2D eigenvalue weighted by atomic mass is 10.2. The van der Waals surface area contributed by atoms with Gasteiger partial charge in [0.25, 0.3) is 0 Å². The minimum Gasteiger partial charge on any atom is -0.493 e. The smallest absolute Gasteiger partial charge is 0.387 e. The van der Waals surface area contributed by atoms with E-state index in [4.69, 9.17) is 9.26 Å². The fourth-order valence-corrected chi connectivity index (χ4v) is 2.20. The highest BCUT2D eigenvalue weighted by atomic mass is 19.3. The van der Waals surface area contributed by atoms with E-state index in [0.717, 1.165) is 5.56 Å². The first-order valence-corrected chi connectivity index (χ1v) is 7.38. The van der Waals surface area contributed by atoms with Gasteiger partial charge in [-0.2, -0.15) is 8.78 Å². The van der Waals surface area contributed by atoms with Crippen molar-refractivity contribution >= 4 is 11.7 Å². The van der Waals surface area contributed by atoms with Crippen LogP contribution in [0.5, 0.6) is 11.5 Å². The number of halogens is 2. The molecule has 0 saturated carbocycles. The summed E-state index contributed by atoms with van der Waals surface area (Å²) in [7, 11) is 2.94. The van der Waals surface area contributed by atoms with E-state index in [0.29, 0.717) is 23.7 Å². The zero-order valence-corrected chi connectivity index (χ0v) is 14.3. The maximum absolute atomic E-state index is 12.5. The van der Waals surface area contributed by atoms with E-state index in [1.54, 1.807) is 20.9 Å². The molecule has 9 heteroatoms. The zero-order valence-electron chi connectivity index (χ0n) is 14.3. The molecule has 7 nitrogen and oxygen atoms in total. The summed E-state index contributed by atoms with van der Waals surface area (Å²) in [6.07, 6.45) is 0. The molecule has 1 heterocycles. The van der Waals surface area contributed by atoms with Gasteiger partial charge in [0.2, 0.25) is 0 Å². The average molecular weight is 355 g/mol. The summed E-state index contributed by atoms with van der Waals surface area (Å²) in [4.78, 5) is 13.7. The number of urea groups is 1. The third-order valence-corrected chi connectivity index (χ3v) is 3.55. The van der Waals surface area contributed by atoms with E-state index in [1.165, 1.54) is 30.2 Å². The van der Waals surface area contributed by atoms with Gasteiger partial charge in [-0.15, -0.1) is 0 Å². The fraction of sp³-hybridized carbons (Fsp3) is 0.375. The lowest BCUT2D eigenvalue weighted by Crippen LogP contribution is -2.31. The molecular formula is C16H19F2N3O4. The second-order valence-corrected chi connectivity index (χ2v) is 5.33. The van der Waals surface area contributed by atoms with Crippen molar-refractivity contribution in [1.82, 2.24) is 10.1 Å². The molecule has 0 spiro atoms. The van der Waals surface area contributed by atoms with Crippen LogP contribution in [0, 0.1) is 13.8 Å². The lowest BCUT2D eigenvalue weighted by molar-refractivity contribution is -0.0511. The van der Waals surface area contributed by atoms with Gasteiger partial charge in [-0.3, -0.25) is 0 Å². The molecule has 0 aliphatic carbocycles. The molecule has 2 amide bonds. The van der Waals surface area contributed by atoms with E-state index in [-0.39, 0.29) is 11.5 Å². The van der Waals surface area contributed by atoms with Gasteiger partial charge >= 0.3 is 12.6 Å². The first-order chi connectivity index (χ1) is 11.8. The van der Waals surface area contributed by atoms with Crippen molar-refractivity contribution in [2.45, 2.75) is 27.0 Å².